The molecule has 0 radical (unpaired) electrons. The summed E-state index contributed by atoms with van der Waals surface area (Å²) in [4.78, 5) is 0. The Labute approximate surface area is 107 Å². The SMILES string of the molecule is OCC1=CCC(C(O)OC2C(O)CCC2O)CC1. The topological polar surface area (TPSA) is 90.2 Å². The normalized spacial score (nSPS) is 38.6. The van der Waals surface area contributed by atoms with Gasteiger partial charge in [0.1, 0.15) is 6.10 Å². The number of hydrogen-bond acceptors (Lipinski definition) is 5. The molecule has 1 saturated carbocycles. The molecule has 4 atom stereocenters. The van der Waals surface area contributed by atoms with Gasteiger partial charge in [-0.05, 0) is 37.7 Å². The van der Waals surface area contributed by atoms with Crippen LogP contribution in [-0.2, 0) is 4.74 Å². The van der Waals surface area contributed by atoms with Gasteiger partial charge in [0.2, 0.25) is 0 Å². The highest BCUT2D eigenvalue weighted by atomic mass is 16.6. The first kappa shape index (κ1) is 14.0. The molecular weight excluding hydrogens is 236 g/mol. The van der Waals surface area contributed by atoms with Crippen molar-refractivity contribution in [1.82, 2.24) is 0 Å². The molecule has 0 aliphatic heterocycles. The number of aliphatic hydroxyl groups excluding tert-OH is 4. The summed E-state index contributed by atoms with van der Waals surface area (Å²) in [6, 6.07) is 0. The van der Waals surface area contributed by atoms with Crippen molar-refractivity contribution in [2.24, 2.45) is 5.92 Å². The first-order valence-electron chi connectivity index (χ1n) is 6.60. The highest BCUT2D eigenvalue weighted by Crippen LogP contribution is 2.30. The van der Waals surface area contributed by atoms with Crippen molar-refractivity contribution in [3.63, 3.8) is 0 Å². The Balaban J connectivity index is 1.85. The Hall–Kier alpha value is -0.460. The zero-order valence-corrected chi connectivity index (χ0v) is 10.4. The van der Waals surface area contributed by atoms with Crippen LogP contribution >= 0.6 is 0 Å². The van der Waals surface area contributed by atoms with Gasteiger partial charge in [0.15, 0.2) is 6.29 Å². The minimum Gasteiger partial charge on any atom is -0.392 e. The van der Waals surface area contributed by atoms with E-state index in [2.05, 4.69) is 0 Å². The van der Waals surface area contributed by atoms with Gasteiger partial charge in [-0.25, -0.2) is 0 Å². The van der Waals surface area contributed by atoms with Gasteiger partial charge >= 0.3 is 0 Å². The Morgan fingerprint density at radius 1 is 1.22 bits per heavy atom. The van der Waals surface area contributed by atoms with E-state index in [9.17, 15) is 15.3 Å². The summed E-state index contributed by atoms with van der Waals surface area (Å²) in [7, 11) is 0. The number of aliphatic hydroxyl groups is 4. The lowest BCUT2D eigenvalue weighted by Crippen LogP contribution is -2.39. The smallest absolute Gasteiger partial charge is 0.158 e. The fourth-order valence-corrected chi connectivity index (χ4v) is 2.69. The Bertz CT molecular complexity index is 294. The number of rotatable bonds is 4. The molecule has 0 heterocycles. The van der Waals surface area contributed by atoms with Crippen LogP contribution in [0, 0.1) is 5.92 Å². The van der Waals surface area contributed by atoms with Gasteiger partial charge in [-0.2, -0.15) is 0 Å². The van der Waals surface area contributed by atoms with Gasteiger partial charge in [-0.1, -0.05) is 6.08 Å². The highest BCUT2D eigenvalue weighted by Gasteiger charge is 2.37. The van der Waals surface area contributed by atoms with Crippen molar-refractivity contribution in [1.29, 1.82) is 0 Å². The quantitative estimate of drug-likeness (QED) is 0.418. The van der Waals surface area contributed by atoms with Crippen molar-refractivity contribution in [2.45, 2.75) is 56.7 Å². The lowest BCUT2D eigenvalue weighted by Gasteiger charge is -2.30. The van der Waals surface area contributed by atoms with E-state index < -0.39 is 24.6 Å². The largest absolute Gasteiger partial charge is 0.392 e. The Morgan fingerprint density at radius 3 is 2.39 bits per heavy atom. The minimum atomic E-state index is -0.964. The van der Waals surface area contributed by atoms with Crippen molar-refractivity contribution in [2.75, 3.05) is 6.61 Å². The summed E-state index contributed by atoms with van der Waals surface area (Å²) >= 11 is 0. The molecule has 0 spiro atoms. The van der Waals surface area contributed by atoms with Gasteiger partial charge < -0.3 is 25.2 Å². The molecule has 1 fully saturated rings. The third-order valence-corrected chi connectivity index (χ3v) is 3.97. The van der Waals surface area contributed by atoms with E-state index >= 15 is 0 Å². The van der Waals surface area contributed by atoms with Crippen molar-refractivity contribution in [3.05, 3.63) is 11.6 Å². The first-order valence-corrected chi connectivity index (χ1v) is 6.60. The van der Waals surface area contributed by atoms with Crippen LogP contribution in [0.15, 0.2) is 11.6 Å². The molecule has 0 saturated heterocycles. The monoisotopic (exact) mass is 258 g/mol. The zero-order chi connectivity index (χ0) is 13.1. The van der Waals surface area contributed by atoms with E-state index in [-0.39, 0.29) is 12.5 Å². The zero-order valence-electron chi connectivity index (χ0n) is 10.4. The maximum Gasteiger partial charge on any atom is 0.158 e. The van der Waals surface area contributed by atoms with Crippen LogP contribution in [0.3, 0.4) is 0 Å². The van der Waals surface area contributed by atoms with Crippen LogP contribution in [0.5, 0.6) is 0 Å². The predicted molar refractivity (Wildman–Crippen MR) is 64.6 cm³/mol. The molecular formula is C13H22O5. The number of allylic oxidation sites excluding steroid dienone is 1. The van der Waals surface area contributed by atoms with Crippen molar-refractivity contribution in [3.8, 4) is 0 Å². The van der Waals surface area contributed by atoms with Gasteiger partial charge in [-0.15, -0.1) is 0 Å². The Kier molecular flexibility index (Phi) is 4.75. The van der Waals surface area contributed by atoms with E-state index in [1.165, 1.54) is 0 Å². The van der Waals surface area contributed by atoms with Crippen LogP contribution in [0.2, 0.25) is 0 Å². The molecule has 4 N–H and O–H groups in total. The number of hydrogen-bond donors (Lipinski definition) is 4. The van der Waals surface area contributed by atoms with E-state index in [1.807, 2.05) is 6.08 Å². The predicted octanol–water partition coefficient (Wildman–Crippen LogP) is -0.0756. The summed E-state index contributed by atoms with van der Waals surface area (Å²) in [5.41, 5.74) is 0.999. The van der Waals surface area contributed by atoms with Crippen LogP contribution < -0.4 is 0 Å². The van der Waals surface area contributed by atoms with E-state index in [0.717, 1.165) is 18.4 Å². The average molecular weight is 258 g/mol. The standard InChI is InChI=1S/C13H22O5/c14-7-8-1-3-9(4-2-8)13(17)18-12-10(15)5-6-11(12)16/h1,9-17H,2-7H2. The van der Waals surface area contributed by atoms with Gasteiger partial charge in [0.25, 0.3) is 0 Å². The molecule has 0 bridgehead atoms. The molecule has 5 heteroatoms. The second-order valence-corrected chi connectivity index (χ2v) is 5.26. The molecule has 104 valence electrons. The lowest BCUT2D eigenvalue weighted by atomic mass is 9.89. The van der Waals surface area contributed by atoms with E-state index in [1.54, 1.807) is 0 Å². The molecule has 4 unspecified atom stereocenters. The Morgan fingerprint density at radius 2 is 1.89 bits per heavy atom. The maximum absolute atomic E-state index is 9.99. The average Bonchev–Trinajstić information content (AvgIpc) is 2.70. The molecule has 0 amide bonds. The third-order valence-electron chi connectivity index (χ3n) is 3.97. The molecule has 2 aliphatic rings. The second kappa shape index (κ2) is 6.12. The first-order chi connectivity index (χ1) is 8.61. The van der Waals surface area contributed by atoms with Crippen LogP contribution in [0.1, 0.15) is 32.1 Å². The molecule has 2 aliphatic carbocycles. The van der Waals surface area contributed by atoms with Crippen LogP contribution in [0.4, 0.5) is 0 Å². The van der Waals surface area contributed by atoms with Gasteiger partial charge in [-0.3, -0.25) is 0 Å². The van der Waals surface area contributed by atoms with E-state index in [4.69, 9.17) is 9.84 Å². The fourth-order valence-electron chi connectivity index (χ4n) is 2.69. The maximum atomic E-state index is 9.99. The summed E-state index contributed by atoms with van der Waals surface area (Å²) in [5.74, 6) is -0.0275. The molecule has 0 aromatic heterocycles. The molecule has 0 aromatic rings. The third kappa shape index (κ3) is 3.10. The molecule has 2 rings (SSSR count). The highest BCUT2D eigenvalue weighted by molar-refractivity contribution is 5.06. The van der Waals surface area contributed by atoms with Crippen LogP contribution in [-0.4, -0.2) is 51.6 Å². The van der Waals surface area contributed by atoms with Gasteiger partial charge in [0, 0.05) is 5.92 Å². The van der Waals surface area contributed by atoms with Gasteiger partial charge in [0.05, 0.1) is 18.8 Å². The fraction of sp³-hybridized carbons (Fsp3) is 0.846. The molecule has 18 heavy (non-hydrogen) atoms. The summed E-state index contributed by atoms with van der Waals surface area (Å²) < 4.78 is 5.41. The van der Waals surface area contributed by atoms with E-state index in [0.29, 0.717) is 19.3 Å². The van der Waals surface area contributed by atoms with Crippen LogP contribution in [0.25, 0.3) is 0 Å². The molecule has 5 nitrogen and oxygen atoms in total. The summed E-state index contributed by atoms with van der Waals surface area (Å²) in [6.45, 7) is 0.0731. The second-order valence-electron chi connectivity index (χ2n) is 5.26. The van der Waals surface area contributed by atoms with Crippen molar-refractivity contribution < 1.29 is 25.2 Å². The summed E-state index contributed by atoms with van der Waals surface area (Å²) in [5, 5.41) is 38.3. The molecule has 0 aromatic carbocycles. The minimum absolute atomic E-state index is 0.0275. The van der Waals surface area contributed by atoms with Crippen molar-refractivity contribution >= 4 is 0 Å². The summed E-state index contributed by atoms with van der Waals surface area (Å²) in [6.07, 6.45) is 2.11. The number of ether oxygens (including phenoxy) is 1. The lowest BCUT2D eigenvalue weighted by molar-refractivity contribution is -0.202.